The first-order valence-electron chi connectivity index (χ1n) is 10.8. The highest BCUT2D eigenvalue weighted by Crippen LogP contribution is 2.18. The maximum absolute atomic E-state index is 6.12. The number of hydrogen-bond acceptors (Lipinski definition) is 5. The second-order valence-electron chi connectivity index (χ2n) is 7.41. The van der Waals surface area contributed by atoms with Crippen LogP contribution in [0.4, 0.5) is 0 Å². The van der Waals surface area contributed by atoms with Crippen LogP contribution in [0.2, 0.25) is 5.02 Å². The van der Waals surface area contributed by atoms with Crippen molar-refractivity contribution in [2.45, 2.75) is 51.2 Å². The molecule has 0 aromatic carbocycles. The predicted octanol–water partition coefficient (Wildman–Crippen LogP) is 3.75. The molecule has 2 saturated heterocycles. The number of hydrogen-bond donors (Lipinski definition) is 1. The zero-order valence-electron chi connectivity index (χ0n) is 17.7. The van der Waals surface area contributed by atoms with Crippen LogP contribution in [-0.4, -0.2) is 74.1 Å². The number of ether oxygens (including phenoxy) is 3. The van der Waals surface area contributed by atoms with Gasteiger partial charge in [0, 0.05) is 38.5 Å². The first-order chi connectivity index (χ1) is 14.2. The highest BCUT2D eigenvalue weighted by Gasteiger charge is 2.23. The molecule has 2 aliphatic rings. The van der Waals surface area contributed by atoms with Gasteiger partial charge < -0.3 is 24.4 Å². The summed E-state index contributed by atoms with van der Waals surface area (Å²) in [5.41, 5.74) is 0. The number of guanidine groups is 1. The van der Waals surface area contributed by atoms with E-state index in [0.29, 0.717) is 30.2 Å². The minimum atomic E-state index is 0. The van der Waals surface area contributed by atoms with E-state index in [1.54, 1.807) is 18.3 Å². The number of nitrogens with one attached hydrogen (secondary N) is 1. The molecule has 170 valence electrons. The molecule has 30 heavy (non-hydrogen) atoms. The molecule has 0 bridgehead atoms. The van der Waals surface area contributed by atoms with Crippen LogP contribution in [0, 0.1) is 0 Å². The smallest absolute Gasteiger partial charge is 0.213 e. The lowest BCUT2D eigenvalue weighted by atomic mass is 10.1. The molecule has 3 rings (SSSR count). The van der Waals surface area contributed by atoms with Gasteiger partial charge in [-0.15, -0.1) is 24.0 Å². The van der Waals surface area contributed by atoms with Gasteiger partial charge in [-0.05, 0) is 45.1 Å². The summed E-state index contributed by atoms with van der Waals surface area (Å²) in [6.07, 6.45) is 7.79. The molecule has 0 spiro atoms. The van der Waals surface area contributed by atoms with Crippen molar-refractivity contribution in [3.8, 4) is 5.88 Å². The van der Waals surface area contributed by atoms with Gasteiger partial charge in [0.25, 0.3) is 0 Å². The molecule has 2 fully saturated rings. The third-order valence-electron chi connectivity index (χ3n) is 5.17. The summed E-state index contributed by atoms with van der Waals surface area (Å²) in [7, 11) is 0. The van der Waals surface area contributed by atoms with Gasteiger partial charge in [0.15, 0.2) is 5.96 Å². The van der Waals surface area contributed by atoms with Gasteiger partial charge in [0.1, 0.15) is 6.61 Å². The largest absolute Gasteiger partial charge is 0.476 e. The Hall–Kier alpha value is -0.840. The number of rotatable bonds is 8. The monoisotopic (exact) mass is 552 g/mol. The van der Waals surface area contributed by atoms with Crippen molar-refractivity contribution in [2.75, 3.05) is 46.0 Å². The van der Waals surface area contributed by atoms with E-state index >= 15 is 0 Å². The van der Waals surface area contributed by atoms with Gasteiger partial charge in [-0.3, -0.25) is 0 Å². The van der Waals surface area contributed by atoms with Gasteiger partial charge in [-0.1, -0.05) is 11.6 Å². The molecule has 9 heteroatoms. The van der Waals surface area contributed by atoms with Crippen LogP contribution in [0.3, 0.4) is 0 Å². The fourth-order valence-corrected chi connectivity index (χ4v) is 3.70. The summed E-state index contributed by atoms with van der Waals surface area (Å²) >= 11 is 5.84. The maximum atomic E-state index is 6.12. The number of halogens is 2. The first-order valence-corrected chi connectivity index (χ1v) is 11.1. The topological polar surface area (TPSA) is 68.2 Å². The van der Waals surface area contributed by atoms with Gasteiger partial charge in [-0.2, -0.15) is 0 Å². The van der Waals surface area contributed by atoms with Crippen LogP contribution in [0.25, 0.3) is 0 Å². The van der Waals surface area contributed by atoms with Gasteiger partial charge in [0.2, 0.25) is 5.88 Å². The molecule has 0 saturated carbocycles. The van der Waals surface area contributed by atoms with Crippen LogP contribution >= 0.6 is 35.6 Å². The third-order valence-corrected chi connectivity index (χ3v) is 5.39. The van der Waals surface area contributed by atoms with Crippen molar-refractivity contribution in [3.63, 3.8) is 0 Å². The molecule has 1 aromatic rings. The zero-order valence-corrected chi connectivity index (χ0v) is 20.8. The standard InChI is InChI=1S/C21H33ClN4O3.HI/c1-2-23-21(24-10-14-28-20-7-6-17(22)15-25-20)26-11-8-18(9-12-26)29-16-19-5-3-4-13-27-19;/h6-7,15,18-19H,2-5,8-14,16H2,1H3,(H,23,24);1H. The van der Waals surface area contributed by atoms with E-state index in [0.717, 1.165) is 58.1 Å². The molecule has 0 aliphatic carbocycles. The van der Waals surface area contributed by atoms with E-state index in [1.807, 2.05) is 0 Å². The molecule has 3 heterocycles. The molecule has 0 amide bonds. The van der Waals surface area contributed by atoms with E-state index in [2.05, 4.69) is 22.1 Å². The Bertz CT molecular complexity index is 621. The first kappa shape index (κ1) is 25.4. The molecule has 1 unspecified atom stereocenters. The molecule has 0 radical (unpaired) electrons. The number of aliphatic imine (C=N–C) groups is 1. The highest BCUT2D eigenvalue weighted by molar-refractivity contribution is 14.0. The predicted molar refractivity (Wildman–Crippen MR) is 130 cm³/mol. The summed E-state index contributed by atoms with van der Waals surface area (Å²) in [6.45, 7) is 7.48. The summed E-state index contributed by atoms with van der Waals surface area (Å²) in [4.78, 5) is 11.1. The summed E-state index contributed by atoms with van der Waals surface area (Å²) in [5.74, 6) is 1.50. The summed E-state index contributed by atoms with van der Waals surface area (Å²) < 4.78 is 17.5. The molecular weight excluding hydrogens is 519 g/mol. The fourth-order valence-electron chi connectivity index (χ4n) is 3.59. The number of nitrogens with zero attached hydrogens (tertiary/aromatic N) is 3. The molecule has 7 nitrogen and oxygen atoms in total. The quantitative estimate of drug-likeness (QED) is 0.229. The summed E-state index contributed by atoms with van der Waals surface area (Å²) in [5, 5.41) is 3.98. The zero-order chi connectivity index (χ0) is 20.3. The average Bonchev–Trinajstić information content (AvgIpc) is 2.77. The van der Waals surface area contributed by atoms with E-state index < -0.39 is 0 Å². The molecule has 1 atom stereocenters. The Balaban J connectivity index is 0.00000320. The van der Waals surface area contributed by atoms with Crippen LogP contribution in [0.1, 0.15) is 39.0 Å². The van der Waals surface area contributed by atoms with Gasteiger partial charge in [0.05, 0.1) is 30.4 Å². The Morgan fingerprint density at radius 3 is 2.80 bits per heavy atom. The van der Waals surface area contributed by atoms with Crippen molar-refractivity contribution in [2.24, 2.45) is 4.99 Å². The maximum Gasteiger partial charge on any atom is 0.213 e. The second kappa shape index (κ2) is 14.3. The van der Waals surface area contributed by atoms with E-state index in [1.165, 1.54) is 12.8 Å². The second-order valence-corrected chi connectivity index (χ2v) is 7.84. The highest BCUT2D eigenvalue weighted by atomic mass is 127. The Morgan fingerprint density at radius 1 is 1.30 bits per heavy atom. The minimum absolute atomic E-state index is 0. The lowest BCUT2D eigenvalue weighted by molar-refractivity contribution is -0.0721. The number of piperidine rings is 1. The van der Waals surface area contributed by atoms with Gasteiger partial charge in [-0.25, -0.2) is 9.98 Å². The van der Waals surface area contributed by atoms with Crippen LogP contribution in [0.5, 0.6) is 5.88 Å². The molecule has 2 aliphatic heterocycles. The summed E-state index contributed by atoms with van der Waals surface area (Å²) in [6, 6.07) is 3.53. The van der Waals surface area contributed by atoms with Crippen LogP contribution < -0.4 is 10.1 Å². The molecule has 1 N–H and O–H groups in total. The van der Waals surface area contributed by atoms with Crippen molar-refractivity contribution in [1.82, 2.24) is 15.2 Å². The Morgan fingerprint density at radius 2 is 2.13 bits per heavy atom. The van der Waals surface area contributed by atoms with E-state index in [4.69, 9.17) is 30.8 Å². The fraction of sp³-hybridized carbons (Fsp3) is 0.714. The third kappa shape index (κ3) is 8.72. The van der Waals surface area contributed by atoms with Crippen LogP contribution in [0.15, 0.2) is 23.3 Å². The Kier molecular flexibility index (Phi) is 12.1. The van der Waals surface area contributed by atoms with Crippen molar-refractivity contribution >= 4 is 41.5 Å². The average molecular weight is 553 g/mol. The Labute approximate surface area is 201 Å². The van der Waals surface area contributed by atoms with E-state index in [-0.39, 0.29) is 30.1 Å². The lowest BCUT2D eigenvalue weighted by Gasteiger charge is -2.35. The lowest BCUT2D eigenvalue weighted by Crippen LogP contribution is -2.47. The molecular formula is C21H34ClIN4O3. The number of likely N-dealkylation sites (tertiary alicyclic amines) is 1. The normalized spacial score (nSPS) is 20.5. The van der Waals surface area contributed by atoms with E-state index in [9.17, 15) is 0 Å². The number of aromatic nitrogens is 1. The van der Waals surface area contributed by atoms with Gasteiger partial charge >= 0.3 is 0 Å². The van der Waals surface area contributed by atoms with Crippen molar-refractivity contribution < 1.29 is 14.2 Å². The minimum Gasteiger partial charge on any atom is -0.476 e. The SMILES string of the molecule is CCNC(=NCCOc1ccc(Cl)cn1)N1CCC(OCC2CCCCO2)CC1.I. The van der Waals surface area contributed by atoms with Crippen molar-refractivity contribution in [3.05, 3.63) is 23.4 Å². The number of pyridine rings is 1. The van der Waals surface area contributed by atoms with Crippen LogP contribution in [-0.2, 0) is 9.47 Å². The van der Waals surface area contributed by atoms with Crippen molar-refractivity contribution in [1.29, 1.82) is 0 Å². The molecule has 1 aromatic heterocycles.